The summed E-state index contributed by atoms with van der Waals surface area (Å²) in [6.07, 6.45) is -5.20. The molecule has 0 saturated carbocycles. The number of aliphatic hydroxyl groups excluding tert-OH is 1. The first-order valence-corrected chi connectivity index (χ1v) is 11.3. The van der Waals surface area contributed by atoms with Crippen molar-refractivity contribution in [2.45, 2.75) is 39.6 Å². The Hall–Kier alpha value is -3.04. The van der Waals surface area contributed by atoms with Crippen LogP contribution in [0.4, 0.5) is 13.2 Å². The van der Waals surface area contributed by atoms with Crippen molar-refractivity contribution in [3.63, 3.8) is 0 Å². The summed E-state index contributed by atoms with van der Waals surface area (Å²) in [5, 5.41) is 10.4. The smallest absolute Gasteiger partial charge is 0.416 e. The number of aliphatic hydroxyl groups is 1. The van der Waals surface area contributed by atoms with Crippen molar-refractivity contribution in [1.82, 2.24) is 4.90 Å². The van der Waals surface area contributed by atoms with Crippen molar-refractivity contribution < 1.29 is 27.8 Å². The monoisotopic (exact) mass is 493 g/mol. The Morgan fingerprint density at radius 3 is 2.23 bits per heavy atom. The van der Waals surface area contributed by atoms with Crippen LogP contribution in [-0.4, -0.2) is 55.2 Å². The van der Waals surface area contributed by atoms with E-state index < -0.39 is 17.8 Å². The van der Waals surface area contributed by atoms with Gasteiger partial charge in [0.2, 0.25) is 0 Å². The lowest BCUT2D eigenvalue weighted by molar-refractivity contribution is -0.138. The molecular formula is C26H34F3N3O3. The summed E-state index contributed by atoms with van der Waals surface area (Å²) in [6, 6.07) is 12.5. The number of likely N-dealkylation sites (N-methyl/N-ethyl adjacent to an activating group) is 1. The second kappa shape index (κ2) is 13.2. The summed E-state index contributed by atoms with van der Waals surface area (Å²) >= 11 is 0. The Labute approximate surface area is 204 Å². The summed E-state index contributed by atoms with van der Waals surface area (Å²) in [6.45, 7) is 6.59. The third-order valence-corrected chi connectivity index (χ3v) is 5.25. The van der Waals surface area contributed by atoms with Gasteiger partial charge in [-0.2, -0.15) is 13.2 Å². The lowest BCUT2D eigenvalue weighted by atomic mass is 10.1. The number of benzene rings is 2. The van der Waals surface area contributed by atoms with Crippen LogP contribution in [0.3, 0.4) is 0 Å². The fourth-order valence-electron chi connectivity index (χ4n) is 3.50. The number of nitrogens with two attached hydrogens (primary N) is 1. The lowest BCUT2D eigenvalue weighted by Crippen LogP contribution is -2.35. The van der Waals surface area contributed by atoms with Crippen LogP contribution in [-0.2, 0) is 12.7 Å². The van der Waals surface area contributed by atoms with Gasteiger partial charge in [0.25, 0.3) is 0 Å². The van der Waals surface area contributed by atoms with Crippen LogP contribution < -0.4 is 15.2 Å². The van der Waals surface area contributed by atoms with Gasteiger partial charge in [0.1, 0.15) is 24.2 Å². The van der Waals surface area contributed by atoms with E-state index in [9.17, 15) is 18.3 Å². The van der Waals surface area contributed by atoms with Gasteiger partial charge in [0, 0.05) is 30.1 Å². The molecular weight excluding hydrogens is 459 g/mol. The predicted octanol–water partition coefficient (Wildman–Crippen LogP) is 4.67. The van der Waals surface area contributed by atoms with Crippen LogP contribution in [0.5, 0.6) is 11.5 Å². The predicted molar refractivity (Wildman–Crippen MR) is 132 cm³/mol. The minimum Gasteiger partial charge on any atom is -0.494 e. The van der Waals surface area contributed by atoms with Crippen LogP contribution in [0.15, 0.2) is 64.8 Å². The second-order valence-corrected chi connectivity index (χ2v) is 8.28. The Bertz CT molecular complexity index is 1000. The molecule has 0 radical (unpaired) electrons. The van der Waals surface area contributed by atoms with E-state index >= 15 is 0 Å². The molecule has 0 bridgehead atoms. The van der Waals surface area contributed by atoms with Crippen molar-refractivity contribution in [3.8, 4) is 11.5 Å². The van der Waals surface area contributed by atoms with Crippen LogP contribution >= 0.6 is 0 Å². The molecule has 0 aromatic heterocycles. The fraction of sp³-hybridized carbons (Fsp3) is 0.423. The average Bonchev–Trinajstić information content (AvgIpc) is 2.80. The van der Waals surface area contributed by atoms with E-state index in [1.54, 1.807) is 44.2 Å². The highest BCUT2D eigenvalue weighted by Crippen LogP contribution is 2.32. The van der Waals surface area contributed by atoms with E-state index in [2.05, 4.69) is 4.99 Å². The number of hydrogen-bond donors (Lipinski definition) is 2. The number of halogens is 3. The first kappa shape index (κ1) is 28.2. The Morgan fingerprint density at radius 1 is 1.06 bits per heavy atom. The first-order chi connectivity index (χ1) is 16.5. The molecule has 0 fully saturated rings. The molecule has 35 heavy (non-hydrogen) atoms. The van der Waals surface area contributed by atoms with E-state index in [0.717, 1.165) is 11.8 Å². The standard InChI is InChI=1S/C26H34F3N3O3/c1-5-34-22-10-12-23(13-11-22)35-17-21(33)15-32(4)16-24(18(2)30)19(3)31-14-20-8-6-7-9-25(20)26(27,28)29/h6-13,21,33H,5,14-17,30H2,1-4H3/b24-18-,31-19?. The molecule has 192 valence electrons. The summed E-state index contributed by atoms with van der Waals surface area (Å²) in [5.41, 5.74) is 7.22. The van der Waals surface area contributed by atoms with Gasteiger partial charge < -0.3 is 20.3 Å². The molecule has 0 saturated heterocycles. The zero-order valence-electron chi connectivity index (χ0n) is 20.6. The highest BCUT2D eigenvalue weighted by molar-refractivity contribution is 5.99. The molecule has 2 aromatic carbocycles. The lowest BCUT2D eigenvalue weighted by Gasteiger charge is -2.23. The topological polar surface area (TPSA) is 80.3 Å². The normalized spacial score (nSPS) is 14.0. The minimum absolute atomic E-state index is 0.0975. The van der Waals surface area contributed by atoms with Crippen LogP contribution in [0.1, 0.15) is 31.9 Å². The maximum absolute atomic E-state index is 13.2. The molecule has 0 aliphatic carbocycles. The summed E-state index contributed by atoms with van der Waals surface area (Å²) in [7, 11) is 1.81. The average molecular weight is 494 g/mol. The molecule has 3 N–H and O–H groups in total. The number of allylic oxidation sites excluding steroid dienone is 1. The third kappa shape index (κ3) is 9.26. The van der Waals surface area contributed by atoms with Gasteiger partial charge >= 0.3 is 6.18 Å². The highest BCUT2D eigenvalue weighted by atomic mass is 19.4. The van der Waals surface area contributed by atoms with Gasteiger partial charge in [-0.15, -0.1) is 0 Å². The molecule has 6 nitrogen and oxygen atoms in total. The van der Waals surface area contributed by atoms with Crippen LogP contribution in [0, 0.1) is 0 Å². The highest BCUT2D eigenvalue weighted by Gasteiger charge is 2.32. The van der Waals surface area contributed by atoms with Crippen molar-refractivity contribution >= 4 is 5.71 Å². The van der Waals surface area contributed by atoms with Gasteiger partial charge in [-0.1, -0.05) is 18.2 Å². The number of hydrogen-bond acceptors (Lipinski definition) is 6. The zero-order chi connectivity index (χ0) is 26.0. The van der Waals surface area contributed by atoms with Crippen LogP contribution in [0.25, 0.3) is 0 Å². The minimum atomic E-state index is -4.44. The first-order valence-electron chi connectivity index (χ1n) is 11.3. The number of nitrogens with zero attached hydrogens (tertiary/aromatic N) is 2. The number of ether oxygens (including phenoxy) is 2. The van der Waals surface area contributed by atoms with E-state index in [4.69, 9.17) is 15.2 Å². The molecule has 0 aliphatic heterocycles. The molecule has 0 heterocycles. The van der Waals surface area contributed by atoms with Crippen molar-refractivity contribution in [3.05, 3.63) is 70.9 Å². The van der Waals surface area contributed by atoms with Gasteiger partial charge in [-0.3, -0.25) is 9.89 Å². The number of alkyl halides is 3. The van der Waals surface area contributed by atoms with Gasteiger partial charge in [-0.25, -0.2) is 0 Å². The molecule has 2 aromatic rings. The largest absolute Gasteiger partial charge is 0.494 e. The molecule has 9 heteroatoms. The van der Waals surface area contributed by atoms with Crippen molar-refractivity contribution in [2.24, 2.45) is 10.7 Å². The van der Waals surface area contributed by atoms with Crippen LogP contribution in [0.2, 0.25) is 0 Å². The molecule has 0 amide bonds. The third-order valence-electron chi connectivity index (χ3n) is 5.25. The maximum atomic E-state index is 13.2. The Balaban J connectivity index is 1.94. The van der Waals surface area contributed by atoms with Crippen molar-refractivity contribution in [2.75, 3.05) is 33.4 Å². The van der Waals surface area contributed by atoms with Gasteiger partial charge in [0.05, 0.1) is 18.7 Å². The SMILES string of the molecule is CCOc1ccc(OCC(O)CN(C)C/C(C(C)=NCc2ccccc2C(F)(F)F)=C(\C)N)cc1. The molecule has 1 atom stereocenters. The fourth-order valence-corrected chi connectivity index (χ4v) is 3.50. The van der Waals surface area contributed by atoms with E-state index in [0.29, 0.717) is 42.4 Å². The zero-order valence-corrected chi connectivity index (χ0v) is 20.6. The quantitative estimate of drug-likeness (QED) is 0.420. The molecule has 0 spiro atoms. The van der Waals surface area contributed by atoms with Crippen molar-refractivity contribution in [1.29, 1.82) is 0 Å². The van der Waals surface area contributed by atoms with E-state index in [-0.39, 0.29) is 18.7 Å². The van der Waals surface area contributed by atoms with Gasteiger partial charge in [0.15, 0.2) is 0 Å². The second-order valence-electron chi connectivity index (χ2n) is 8.28. The summed E-state index contributed by atoms with van der Waals surface area (Å²) in [5.74, 6) is 1.37. The number of rotatable bonds is 12. The summed E-state index contributed by atoms with van der Waals surface area (Å²) in [4.78, 5) is 6.23. The summed E-state index contributed by atoms with van der Waals surface area (Å²) < 4.78 is 50.8. The van der Waals surface area contributed by atoms with E-state index in [1.807, 2.05) is 18.9 Å². The van der Waals surface area contributed by atoms with E-state index in [1.165, 1.54) is 12.1 Å². The Morgan fingerprint density at radius 2 is 1.66 bits per heavy atom. The number of aliphatic imine (C=N–C) groups is 1. The Kier molecular flexibility index (Phi) is 10.6. The molecule has 0 aliphatic rings. The molecule has 2 rings (SSSR count). The van der Waals surface area contributed by atoms with Gasteiger partial charge in [-0.05, 0) is 63.7 Å². The molecule has 1 unspecified atom stereocenters. The maximum Gasteiger partial charge on any atom is 0.416 e.